The first kappa shape index (κ1) is 9.66. The van der Waals surface area contributed by atoms with Crippen molar-refractivity contribution in [3.05, 3.63) is 23.8 Å². The molecule has 4 heteroatoms. The van der Waals surface area contributed by atoms with Crippen molar-refractivity contribution < 1.29 is 9.53 Å². The summed E-state index contributed by atoms with van der Waals surface area (Å²) in [6.07, 6.45) is 1.15. The van der Waals surface area contributed by atoms with Crippen LogP contribution < -0.4 is 15.4 Å². The Kier molecular flexibility index (Phi) is 2.11. The monoisotopic (exact) mass is 218 g/mol. The van der Waals surface area contributed by atoms with Gasteiger partial charge in [-0.05, 0) is 31.0 Å². The van der Waals surface area contributed by atoms with E-state index in [-0.39, 0.29) is 12.5 Å². The molecule has 84 valence electrons. The van der Waals surface area contributed by atoms with Gasteiger partial charge in [0.1, 0.15) is 5.75 Å². The number of benzene rings is 1. The van der Waals surface area contributed by atoms with E-state index in [1.54, 1.807) is 0 Å². The number of amides is 1. The minimum atomic E-state index is -0.0837. The standard InChI is InChI=1S/C12H14N2O2/c1-7-4-9(13-7)8-2-3-11-10(5-8)14-12(15)6-16-11/h2-3,5,7,9,13H,4,6H2,1H3,(H,14,15). The van der Waals surface area contributed by atoms with Crippen molar-refractivity contribution in [3.8, 4) is 5.75 Å². The molecular formula is C12H14N2O2. The van der Waals surface area contributed by atoms with Crippen molar-refractivity contribution in [1.82, 2.24) is 5.32 Å². The van der Waals surface area contributed by atoms with E-state index >= 15 is 0 Å². The molecule has 0 spiro atoms. The molecule has 2 atom stereocenters. The van der Waals surface area contributed by atoms with Gasteiger partial charge in [0.15, 0.2) is 6.61 Å². The van der Waals surface area contributed by atoms with Crippen LogP contribution in [0.15, 0.2) is 18.2 Å². The van der Waals surface area contributed by atoms with Gasteiger partial charge in [-0.1, -0.05) is 6.07 Å². The number of ether oxygens (including phenoxy) is 1. The van der Waals surface area contributed by atoms with E-state index in [1.807, 2.05) is 12.1 Å². The Balaban J connectivity index is 1.86. The number of carbonyl (C=O) groups excluding carboxylic acids is 1. The van der Waals surface area contributed by atoms with Gasteiger partial charge in [0.05, 0.1) is 5.69 Å². The Morgan fingerprint density at radius 2 is 2.25 bits per heavy atom. The van der Waals surface area contributed by atoms with Gasteiger partial charge >= 0.3 is 0 Å². The normalized spacial score (nSPS) is 27.4. The van der Waals surface area contributed by atoms with Crippen molar-refractivity contribution in [1.29, 1.82) is 0 Å². The molecule has 2 aliphatic heterocycles. The average Bonchev–Trinajstić information content (AvgIpc) is 2.24. The molecule has 16 heavy (non-hydrogen) atoms. The van der Waals surface area contributed by atoms with E-state index in [0.717, 1.165) is 17.9 Å². The van der Waals surface area contributed by atoms with E-state index < -0.39 is 0 Å². The van der Waals surface area contributed by atoms with E-state index in [1.165, 1.54) is 5.56 Å². The van der Waals surface area contributed by atoms with Crippen LogP contribution in [0.2, 0.25) is 0 Å². The second kappa shape index (κ2) is 3.49. The van der Waals surface area contributed by atoms with Crippen molar-refractivity contribution in [2.75, 3.05) is 11.9 Å². The van der Waals surface area contributed by atoms with Crippen molar-refractivity contribution >= 4 is 11.6 Å². The molecule has 3 rings (SSSR count). The molecule has 2 aliphatic rings. The number of fused-ring (bicyclic) bond motifs is 1. The van der Waals surface area contributed by atoms with Crippen LogP contribution in [-0.4, -0.2) is 18.6 Å². The number of hydrogen-bond donors (Lipinski definition) is 2. The third kappa shape index (κ3) is 1.55. The lowest BCUT2D eigenvalue weighted by molar-refractivity contribution is -0.118. The van der Waals surface area contributed by atoms with Gasteiger partial charge in [-0.3, -0.25) is 4.79 Å². The molecule has 1 aromatic carbocycles. The molecule has 2 N–H and O–H groups in total. The minimum absolute atomic E-state index is 0.0837. The summed E-state index contributed by atoms with van der Waals surface area (Å²) >= 11 is 0. The first-order valence-corrected chi connectivity index (χ1v) is 5.55. The van der Waals surface area contributed by atoms with E-state index in [9.17, 15) is 4.79 Å². The number of carbonyl (C=O) groups is 1. The zero-order valence-corrected chi connectivity index (χ0v) is 9.12. The summed E-state index contributed by atoms with van der Waals surface area (Å²) in [4.78, 5) is 11.2. The second-order valence-corrected chi connectivity index (χ2v) is 4.45. The maximum absolute atomic E-state index is 11.2. The van der Waals surface area contributed by atoms with Crippen molar-refractivity contribution in [3.63, 3.8) is 0 Å². The highest BCUT2D eigenvalue weighted by Gasteiger charge is 2.27. The summed E-state index contributed by atoms with van der Waals surface area (Å²) in [7, 11) is 0. The van der Waals surface area contributed by atoms with Gasteiger partial charge in [-0.2, -0.15) is 0 Å². The first-order chi connectivity index (χ1) is 7.72. The Hall–Kier alpha value is -1.55. The molecule has 0 aromatic heterocycles. The third-order valence-corrected chi connectivity index (χ3v) is 3.11. The molecule has 0 aliphatic carbocycles. The molecular weight excluding hydrogens is 204 g/mol. The van der Waals surface area contributed by atoms with Crippen LogP contribution in [0.25, 0.3) is 0 Å². The molecule has 0 radical (unpaired) electrons. The molecule has 2 unspecified atom stereocenters. The molecule has 1 amide bonds. The fourth-order valence-electron chi connectivity index (χ4n) is 2.22. The highest BCUT2D eigenvalue weighted by atomic mass is 16.5. The van der Waals surface area contributed by atoms with Gasteiger partial charge in [0, 0.05) is 12.1 Å². The van der Waals surface area contributed by atoms with Crippen LogP contribution in [0.1, 0.15) is 24.9 Å². The number of rotatable bonds is 1. The second-order valence-electron chi connectivity index (χ2n) is 4.45. The average molecular weight is 218 g/mol. The predicted octanol–water partition coefficient (Wildman–Crippen LogP) is 1.44. The molecule has 1 fully saturated rings. The third-order valence-electron chi connectivity index (χ3n) is 3.11. The summed E-state index contributed by atoms with van der Waals surface area (Å²) in [5.74, 6) is 0.676. The highest BCUT2D eigenvalue weighted by molar-refractivity contribution is 5.95. The highest BCUT2D eigenvalue weighted by Crippen LogP contribution is 2.34. The number of nitrogens with one attached hydrogen (secondary N) is 2. The Labute approximate surface area is 94.0 Å². The SMILES string of the molecule is CC1CC(c2ccc3c(c2)NC(=O)CO3)N1. The van der Waals surface area contributed by atoms with Gasteiger partial charge < -0.3 is 15.4 Å². The van der Waals surface area contributed by atoms with Gasteiger partial charge in [-0.15, -0.1) is 0 Å². The van der Waals surface area contributed by atoms with Crippen LogP contribution in [0, 0.1) is 0 Å². The Morgan fingerprint density at radius 3 is 3.00 bits per heavy atom. The van der Waals surface area contributed by atoms with E-state index in [0.29, 0.717) is 12.1 Å². The summed E-state index contributed by atoms with van der Waals surface area (Å²) in [6.45, 7) is 2.28. The fourth-order valence-corrected chi connectivity index (χ4v) is 2.22. The molecule has 0 saturated carbocycles. The smallest absolute Gasteiger partial charge is 0.262 e. The number of anilines is 1. The van der Waals surface area contributed by atoms with Gasteiger partial charge in [0.2, 0.25) is 0 Å². The lowest BCUT2D eigenvalue weighted by Crippen LogP contribution is -2.43. The van der Waals surface area contributed by atoms with E-state index in [4.69, 9.17) is 4.74 Å². The van der Waals surface area contributed by atoms with Crippen LogP contribution >= 0.6 is 0 Å². The van der Waals surface area contributed by atoms with Crippen molar-refractivity contribution in [2.24, 2.45) is 0 Å². The quantitative estimate of drug-likeness (QED) is 0.750. The Bertz CT molecular complexity index is 439. The summed E-state index contributed by atoms with van der Waals surface area (Å²) in [5, 5.41) is 6.25. The topological polar surface area (TPSA) is 50.4 Å². The van der Waals surface area contributed by atoms with Crippen LogP contribution in [-0.2, 0) is 4.79 Å². The molecule has 2 heterocycles. The largest absolute Gasteiger partial charge is 0.482 e. The van der Waals surface area contributed by atoms with Crippen molar-refractivity contribution in [2.45, 2.75) is 25.4 Å². The maximum atomic E-state index is 11.2. The lowest BCUT2D eigenvalue weighted by atomic mass is 9.91. The zero-order valence-electron chi connectivity index (χ0n) is 9.12. The maximum Gasteiger partial charge on any atom is 0.262 e. The van der Waals surface area contributed by atoms with Gasteiger partial charge in [0.25, 0.3) is 5.91 Å². The lowest BCUT2D eigenvalue weighted by Gasteiger charge is -2.35. The zero-order chi connectivity index (χ0) is 11.1. The Morgan fingerprint density at radius 1 is 1.44 bits per heavy atom. The molecule has 0 bridgehead atoms. The summed E-state index contributed by atoms with van der Waals surface area (Å²) in [5.41, 5.74) is 2.00. The molecule has 1 saturated heterocycles. The van der Waals surface area contributed by atoms with Crippen LogP contribution in [0.3, 0.4) is 0 Å². The number of hydrogen-bond acceptors (Lipinski definition) is 3. The first-order valence-electron chi connectivity index (χ1n) is 5.55. The predicted molar refractivity (Wildman–Crippen MR) is 60.5 cm³/mol. The molecule has 1 aromatic rings. The van der Waals surface area contributed by atoms with E-state index in [2.05, 4.69) is 23.6 Å². The summed E-state index contributed by atoms with van der Waals surface area (Å²) in [6, 6.07) is 6.98. The molecule has 4 nitrogen and oxygen atoms in total. The van der Waals surface area contributed by atoms with Crippen LogP contribution in [0.5, 0.6) is 5.75 Å². The minimum Gasteiger partial charge on any atom is -0.482 e. The fraction of sp³-hybridized carbons (Fsp3) is 0.417. The van der Waals surface area contributed by atoms with Crippen LogP contribution in [0.4, 0.5) is 5.69 Å². The van der Waals surface area contributed by atoms with Gasteiger partial charge in [-0.25, -0.2) is 0 Å². The summed E-state index contributed by atoms with van der Waals surface area (Å²) < 4.78 is 5.31.